The average molecular weight is 262 g/mol. The lowest BCUT2D eigenvalue weighted by Crippen LogP contribution is -2.09. The Labute approximate surface area is 115 Å². The number of para-hydroxylation sites is 2. The highest BCUT2D eigenvalue weighted by Crippen LogP contribution is 2.16. The lowest BCUT2D eigenvalue weighted by atomic mass is 10.1. The van der Waals surface area contributed by atoms with Crippen LogP contribution in [0.25, 0.3) is 11.0 Å². The van der Waals surface area contributed by atoms with E-state index in [-0.39, 0.29) is 0 Å². The van der Waals surface area contributed by atoms with E-state index in [2.05, 4.69) is 34.7 Å². The first-order chi connectivity index (χ1) is 8.81. The lowest BCUT2D eigenvalue weighted by molar-refractivity contribution is 0.577. The molecule has 18 heavy (non-hydrogen) atoms. The van der Waals surface area contributed by atoms with Gasteiger partial charge in [0.15, 0.2) is 0 Å². The van der Waals surface area contributed by atoms with Gasteiger partial charge in [0.05, 0.1) is 17.4 Å². The van der Waals surface area contributed by atoms with Gasteiger partial charge >= 0.3 is 0 Å². The van der Waals surface area contributed by atoms with Gasteiger partial charge in [0.1, 0.15) is 0 Å². The Balaban J connectivity index is 1.88. The molecule has 1 unspecified atom stereocenters. The fourth-order valence-electron chi connectivity index (χ4n) is 2.28. The summed E-state index contributed by atoms with van der Waals surface area (Å²) in [5.41, 5.74) is 2.29. The number of fused-ring (bicyclic) bond motifs is 1. The van der Waals surface area contributed by atoms with E-state index in [1.807, 2.05) is 12.4 Å². The molecule has 0 fully saturated rings. The first kappa shape index (κ1) is 13.5. The summed E-state index contributed by atoms with van der Waals surface area (Å²) >= 11 is 4.70. The molecule has 1 heterocycles. The molecule has 0 N–H and O–H groups in total. The maximum absolute atomic E-state index is 4.70. The fourth-order valence-corrected chi connectivity index (χ4v) is 2.64. The van der Waals surface area contributed by atoms with Crippen LogP contribution in [0, 0.1) is 0 Å². The van der Waals surface area contributed by atoms with Gasteiger partial charge in [-0.2, -0.15) is 12.6 Å². The Kier molecular flexibility index (Phi) is 5.12. The summed E-state index contributed by atoms with van der Waals surface area (Å²) in [5.74, 6) is 0. The van der Waals surface area contributed by atoms with E-state index in [4.69, 9.17) is 12.6 Å². The molecular weight excluding hydrogens is 240 g/mol. The molecule has 0 bridgehead atoms. The van der Waals surface area contributed by atoms with Crippen molar-refractivity contribution in [2.75, 3.05) is 0 Å². The zero-order valence-electron chi connectivity index (χ0n) is 11.0. The molecule has 2 rings (SSSR count). The monoisotopic (exact) mass is 262 g/mol. The zero-order chi connectivity index (χ0) is 12.8. The third kappa shape index (κ3) is 3.52. The zero-order valence-corrected chi connectivity index (χ0v) is 11.9. The summed E-state index contributed by atoms with van der Waals surface area (Å²) in [7, 11) is 0. The second-order valence-electron chi connectivity index (χ2n) is 4.89. The van der Waals surface area contributed by atoms with Crippen LogP contribution in [0.4, 0.5) is 0 Å². The van der Waals surface area contributed by atoms with Crippen molar-refractivity contribution in [2.45, 2.75) is 50.8 Å². The van der Waals surface area contributed by atoms with Crippen LogP contribution in [-0.2, 0) is 6.54 Å². The highest BCUT2D eigenvalue weighted by molar-refractivity contribution is 7.80. The first-order valence-corrected chi connectivity index (χ1v) is 7.41. The summed E-state index contributed by atoms with van der Waals surface area (Å²) in [4.78, 5) is 4.41. The van der Waals surface area contributed by atoms with E-state index < -0.39 is 0 Å². The number of hydrogen-bond donors (Lipinski definition) is 1. The van der Waals surface area contributed by atoms with Crippen molar-refractivity contribution in [1.29, 1.82) is 0 Å². The van der Waals surface area contributed by atoms with E-state index in [1.54, 1.807) is 0 Å². The SMILES string of the molecule is CCCCCCC(S)Cn1cnc2ccccc21. The Bertz CT molecular complexity index is 478. The third-order valence-corrected chi connectivity index (χ3v) is 3.75. The Morgan fingerprint density at radius 1 is 1.22 bits per heavy atom. The summed E-state index contributed by atoms with van der Waals surface area (Å²) in [5, 5.41) is 0.430. The Morgan fingerprint density at radius 2 is 2.06 bits per heavy atom. The number of unbranched alkanes of at least 4 members (excludes halogenated alkanes) is 3. The van der Waals surface area contributed by atoms with Gasteiger partial charge < -0.3 is 4.57 Å². The number of hydrogen-bond acceptors (Lipinski definition) is 2. The van der Waals surface area contributed by atoms with Gasteiger partial charge in [0.25, 0.3) is 0 Å². The molecule has 0 spiro atoms. The van der Waals surface area contributed by atoms with Crippen molar-refractivity contribution < 1.29 is 0 Å². The maximum Gasteiger partial charge on any atom is 0.0958 e. The van der Waals surface area contributed by atoms with Crippen LogP contribution in [-0.4, -0.2) is 14.8 Å². The minimum Gasteiger partial charge on any atom is -0.329 e. The quantitative estimate of drug-likeness (QED) is 0.581. The molecule has 0 radical (unpaired) electrons. The smallest absolute Gasteiger partial charge is 0.0958 e. The van der Waals surface area contributed by atoms with Crippen LogP contribution >= 0.6 is 12.6 Å². The second kappa shape index (κ2) is 6.83. The average Bonchev–Trinajstić information content (AvgIpc) is 2.78. The van der Waals surface area contributed by atoms with Crippen LogP contribution in [0.3, 0.4) is 0 Å². The predicted octanol–water partition coefficient (Wildman–Crippen LogP) is 4.31. The minimum atomic E-state index is 0.430. The van der Waals surface area contributed by atoms with Gasteiger partial charge in [-0.15, -0.1) is 0 Å². The normalized spacial score (nSPS) is 13.0. The number of imidazole rings is 1. The van der Waals surface area contributed by atoms with Crippen molar-refractivity contribution in [2.24, 2.45) is 0 Å². The number of aromatic nitrogens is 2. The summed E-state index contributed by atoms with van der Waals surface area (Å²) < 4.78 is 2.22. The van der Waals surface area contributed by atoms with Crippen molar-refractivity contribution >= 4 is 23.7 Å². The number of benzene rings is 1. The molecule has 3 heteroatoms. The molecule has 0 aliphatic heterocycles. The molecule has 2 aromatic rings. The molecule has 0 saturated carbocycles. The molecule has 1 aromatic heterocycles. The minimum absolute atomic E-state index is 0.430. The number of rotatable bonds is 7. The summed E-state index contributed by atoms with van der Waals surface area (Å²) in [6.45, 7) is 3.20. The lowest BCUT2D eigenvalue weighted by Gasteiger charge is -2.12. The van der Waals surface area contributed by atoms with Crippen LogP contribution in [0.1, 0.15) is 39.0 Å². The molecule has 0 aliphatic carbocycles. The van der Waals surface area contributed by atoms with Gasteiger partial charge in [-0.25, -0.2) is 4.98 Å². The van der Waals surface area contributed by atoms with Crippen molar-refractivity contribution in [3.63, 3.8) is 0 Å². The maximum atomic E-state index is 4.70. The molecule has 1 atom stereocenters. The largest absolute Gasteiger partial charge is 0.329 e. The third-order valence-electron chi connectivity index (χ3n) is 3.33. The Morgan fingerprint density at radius 3 is 2.89 bits per heavy atom. The van der Waals surface area contributed by atoms with Crippen LogP contribution in [0.2, 0.25) is 0 Å². The molecule has 0 aliphatic rings. The van der Waals surface area contributed by atoms with Gasteiger partial charge in [-0.3, -0.25) is 0 Å². The fraction of sp³-hybridized carbons (Fsp3) is 0.533. The van der Waals surface area contributed by atoms with E-state index in [1.165, 1.54) is 37.6 Å². The van der Waals surface area contributed by atoms with Gasteiger partial charge in [0.2, 0.25) is 0 Å². The van der Waals surface area contributed by atoms with E-state index in [0.29, 0.717) is 5.25 Å². The molecular formula is C15H22N2S. The predicted molar refractivity (Wildman–Crippen MR) is 81.3 cm³/mol. The molecule has 0 amide bonds. The van der Waals surface area contributed by atoms with Crippen LogP contribution < -0.4 is 0 Å². The molecule has 2 nitrogen and oxygen atoms in total. The molecule has 1 aromatic carbocycles. The summed E-state index contributed by atoms with van der Waals surface area (Å²) in [6, 6.07) is 8.28. The van der Waals surface area contributed by atoms with Gasteiger partial charge in [-0.1, -0.05) is 44.7 Å². The highest BCUT2D eigenvalue weighted by Gasteiger charge is 2.07. The van der Waals surface area contributed by atoms with Crippen molar-refractivity contribution in [3.8, 4) is 0 Å². The standard InChI is InChI=1S/C15H22N2S/c1-2-3-4-5-8-13(18)11-17-12-16-14-9-6-7-10-15(14)17/h6-7,9-10,12-13,18H,2-5,8,11H2,1H3. The number of nitrogens with zero attached hydrogens (tertiary/aromatic N) is 2. The van der Waals surface area contributed by atoms with E-state index >= 15 is 0 Å². The highest BCUT2D eigenvalue weighted by atomic mass is 32.1. The van der Waals surface area contributed by atoms with Gasteiger partial charge in [-0.05, 0) is 18.6 Å². The molecule has 0 saturated heterocycles. The molecule has 98 valence electrons. The Hall–Kier alpha value is -0.960. The second-order valence-corrected chi connectivity index (χ2v) is 5.62. The van der Waals surface area contributed by atoms with E-state index in [0.717, 1.165) is 12.1 Å². The van der Waals surface area contributed by atoms with Crippen molar-refractivity contribution in [3.05, 3.63) is 30.6 Å². The summed E-state index contributed by atoms with van der Waals surface area (Å²) in [6.07, 6.45) is 8.38. The van der Waals surface area contributed by atoms with Crippen molar-refractivity contribution in [1.82, 2.24) is 9.55 Å². The van der Waals surface area contributed by atoms with Gasteiger partial charge in [0, 0.05) is 11.8 Å². The number of thiol groups is 1. The first-order valence-electron chi connectivity index (χ1n) is 6.89. The topological polar surface area (TPSA) is 17.8 Å². The van der Waals surface area contributed by atoms with E-state index in [9.17, 15) is 0 Å². The van der Waals surface area contributed by atoms with Crippen LogP contribution in [0.15, 0.2) is 30.6 Å². The van der Waals surface area contributed by atoms with Crippen LogP contribution in [0.5, 0.6) is 0 Å².